The predicted octanol–water partition coefficient (Wildman–Crippen LogP) is 3.19. The summed E-state index contributed by atoms with van der Waals surface area (Å²) in [6.07, 6.45) is 0. The predicted molar refractivity (Wildman–Crippen MR) is 82.6 cm³/mol. The van der Waals surface area contributed by atoms with Gasteiger partial charge in [0.15, 0.2) is 0 Å². The average molecular weight is 299 g/mol. The molecule has 0 spiro atoms. The lowest BCUT2D eigenvalue weighted by molar-refractivity contribution is 0.487. The van der Waals surface area contributed by atoms with E-state index in [0.717, 1.165) is 5.39 Å². The fourth-order valence-corrected chi connectivity index (χ4v) is 3.44. The summed E-state index contributed by atoms with van der Waals surface area (Å²) in [5.41, 5.74) is 6.04. The molecule has 5 heteroatoms. The summed E-state index contributed by atoms with van der Waals surface area (Å²) in [6, 6.07) is 18.9. The molecule has 0 aliphatic heterocycles. The molecule has 106 valence electrons. The molecule has 3 rings (SSSR count). The Bertz CT molecular complexity index is 890. The zero-order valence-electron chi connectivity index (χ0n) is 11.1. The van der Waals surface area contributed by atoms with Crippen LogP contribution in [0.5, 0.6) is 5.75 Å². The van der Waals surface area contributed by atoms with Gasteiger partial charge in [0, 0.05) is 5.39 Å². The zero-order valence-corrected chi connectivity index (χ0v) is 11.9. The van der Waals surface area contributed by atoms with Crippen LogP contribution in [0.15, 0.2) is 71.6 Å². The standard InChI is InChI=1S/C16H13NO3S/c17-15-11-10-12-6-4-5-9-14(12)16(15)21(18,19)20-13-7-2-1-3-8-13/h1-11H,17H2. The van der Waals surface area contributed by atoms with E-state index in [1.165, 1.54) is 0 Å². The quantitative estimate of drug-likeness (QED) is 0.595. The number of hydrogen-bond donors (Lipinski definition) is 1. The highest BCUT2D eigenvalue weighted by Crippen LogP contribution is 2.30. The fraction of sp³-hybridized carbons (Fsp3) is 0. The molecule has 0 atom stereocenters. The maximum absolute atomic E-state index is 12.5. The molecule has 3 aromatic rings. The largest absolute Gasteiger partial charge is 0.398 e. The molecule has 4 nitrogen and oxygen atoms in total. The second kappa shape index (κ2) is 5.10. The normalized spacial score (nSPS) is 11.4. The van der Waals surface area contributed by atoms with E-state index >= 15 is 0 Å². The minimum absolute atomic E-state index is 0.00412. The molecule has 0 aromatic heterocycles. The Kier molecular flexibility index (Phi) is 3.27. The summed E-state index contributed by atoms with van der Waals surface area (Å²) >= 11 is 0. The van der Waals surface area contributed by atoms with Crippen LogP contribution < -0.4 is 9.92 Å². The summed E-state index contributed by atoms with van der Waals surface area (Å²) in [6.45, 7) is 0. The molecular weight excluding hydrogens is 286 g/mol. The van der Waals surface area contributed by atoms with Crippen LogP contribution in [0.1, 0.15) is 0 Å². The lowest BCUT2D eigenvalue weighted by Crippen LogP contribution is -2.12. The van der Waals surface area contributed by atoms with Gasteiger partial charge in [-0.15, -0.1) is 0 Å². The van der Waals surface area contributed by atoms with Crippen molar-refractivity contribution >= 4 is 26.6 Å². The summed E-state index contributed by atoms with van der Waals surface area (Å²) in [7, 11) is -4.00. The highest BCUT2D eigenvalue weighted by atomic mass is 32.2. The molecule has 2 N–H and O–H groups in total. The van der Waals surface area contributed by atoms with Crippen LogP contribution in [0.3, 0.4) is 0 Å². The minimum atomic E-state index is -4.00. The van der Waals surface area contributed by atoms with Gasteiger partial charge in [-0.1, -0.05) is 48.5 Å². The first-order valence-corrected chi connectivity index (χ1v) is 7.75. The van der Waals surface area contributed by atoms with Gasteiger partial charge in [-0.3, -0.25) is 0 Å². The molecule has 0 saturated heterocycles. The van der Waals surface area contributed by atoms with Gasteiger partial charge in [0.05, 0.1) is 5.69 Å². The number of hydrogen-bond acceptors (Lipinski definition) is 4. The van der Waals surface area contributed by atoms with Crippen LogP contribution in [-0.4, -0.2) is 8.42 Å². The molecule has 0 fully saturated rings. The van der Waals surface area contributed by atoms with Gasteiger partial charge in [-0.2, -0.15) is 8.42 Å². The average Bonchev–Trinajstić information content (AvgIpc) is 2.47. The zero-order chi connectivity index (χ0) is 14.9. The Hall–Kier alpha value is -2.53. The topological polar surface area (TPSA) is 69.4 Å². The lowest BCUT2D eigenvalue weighted by Gasteiger charge is -2.11. The summed E-state index contributed by atoms with van der Waals surface area (Å²) < 4.78 is 30.2. The number of nitrogens with two attached hydrogens (primary N) is 1. The third kappa shape index (κ3) is 2.55. The van der Waals surface area contributed by atoms with Crippen molar-refractivity contribution in [3.05, 3.63) is 66.7 Å². The molecular formula is C16H13NO3S. The Morgan fingerprint density at radius 2 is 1.48 bits per heavy atom. The van der Waals surface area contributed by atoms with E-state index in [4.69, 9.17) is 9.92 Å². The smallest absolute Gasteiger partial charge is 0.341 e. The Labute approximate surface area is 122 Å². The van der Waals surface area contributed by atoms with E-state index in [0.29, 0.717) is 5.39 Å². The molecule has 0 saturated carbocycles. The van der Waals surface area contributed by atoms with E-state index in [9.17, 15) is 8.42 Å². The second-order valence-corrected chi connectivity index (χ2v) is 6.04. The molecule has 0 radical (unpaired) electrons. The first-order valence-electron chi connectivity index (χ1n) is 6.35. The van der Waals surface area contributed by atoms with Crippen molar-refractivity contribution in [1.29, 1.82) is 0 Å². The van der Waals surface area contributed by atoms with Crippen LogP contribution in [0.4, 0.5) is 5.69 Å². The van der Waals surface area contributed by atoms with Crippen molar-refractivity contribution in [1.82, 2.24) is 0 Å². The number of anilines is 1. The Morgan fingerprint density at radius 1 is 0.810 bits per heavy atom. The molecule has 0 aliphatic rings. The first-order chi connectivity index (χ1) is 10.1. The SMILES string of the molecule is Nc1ccc2ccccc2c1S(=O)(=O)Oc1ccccc1. The third-order valence-electron chi connectivity index (χ3n) is 3.11. The summed E-state index contributed by atoms with van der Waals surface area (Å²) in [5, 5.41) is 1.34. The minimum Gasteiger partial charge on any atom is -0.398 e. The molecule has 0 amide bonds. The van der Waals surface area contributed by atoms with Crippen LogP contribution in [0.25, 0.3) is 10.8 Å². The molecule has 0 heterocycles. The van der Waals surface area contributed by atoms with Crippen molar-refractivity contribution < 1.29 is 12.6 Å². The van der Waals surface area contributed by atoms with Crippen LogP contribution in [0, 0.1) is 0 Å². The van der Waals surface area contributed by atoms with Crippen LogP contribution in [-0.2, 0) is 10.1 Å². The van der Waals surface area contributed by atoms with Crippen LogP contribution in [0.2, 0.25) is 0 Å². The highest BCUT2D eigenvalue weighted by Gasteiger charge is 2.22. The second-order valence-electron chi connectivity index (χ2n) is 4.56. The van der Waals surface area contributed by atoms with Gasteiger partial charge in [-0.25, -0.2) is 0 Å². The van der Waals surface area contributed by atoms with Gasteiger partial charge in [-0.05, 0) is 23.6 Å². The van der Waals surface area contributed by atoms with E-state index in [1.807, 2.05) is 12.1 Å². The van der Waals surface area contributed by atoms with Crippen molar-refractivity contribution in [3.8, 4) is 5.75 Å². The lowest BCUT2D eigenvalue weighted by atomic mass is 10.1. The molecule has 21 heavy (non-hydrogen) atoms. The summed E-state index contributed by atoms with van der Waals surface area (Å²) in [5.74, 6) is 0.254. The third-order valence-corrected chi connectivity index (χ3v) is 4.48. The Morgan fingerprint density at radius 3 is 2.24 bits per heavy atom. The van der Waals surface area contributed by atoms with Gasteiger partial charge >= 0.3 is 10.1 Å². The van der Waals surface area contributed by atoms with E-state index in [-0.39, 0.29) is 16.3 Å². The van der Waals surface area contributed by atoms with Gasteiger partial charge in [0.2, 0.25) is 0 Å². The number of nitrogen functional groups attached to an aromatic ring is 1. The first kappa shape index (κ1) is 13.5. The maximum Gasteiger partial charge on any atom is 0.341 e. The van der Waals surface area contributed by atoms with E-state index in [1.54, 1.807) is 54.6 Å². The summed E-state index contributed by atoms with van der Waals surface area (Å²) in [4.78, 5) is 0.00412. The number of benzene rings is 3. The monoisotopic (exact) mass is 299 g/mol. The van der Waals surface area contributed by atoms with E-state index in [2.05, 4.69) is 0 Å². The highest BCUT2D eigenvalue weighted by molar-refractivity contribution is 7.87. The van der Waals surface area contributed by atoms with Crippen molar-refractivity contribution in [2.24, 2.45) is 0 Å². The van der Waals surface area contributed by atoms with Gasteiger partial charge in [0.1, 0.15) is 10.6 Å². The Balaban J connectivity index is 2.17. The van der Waals surface area contributed by atoms with Crippen molar-refractivity contribution in [3.63, 3.8) is 0 Å². The fourth-order valence-electron chi connectivity index (χ4n) is 2.18. The number of rotatable bonds is 3. The van der Waals surface area contributed by atoms with Crippen molar-refractivity contribution in [2.75, 3.05) is 5.73 Å². The molecule has 0 bridgehead atoms. The number of fused-ring (bicyclic) bond motifs is 1. The van der Waals surface area contributed by atoms with Gasteiger partial charge in [0.25, 0.3) is 0 Å². The molecule has 3 aromatic carbocycles. The molecule has 0 unspecified atom stereocenters. The van der Waals surface area contributed by atoms with Gasteiger partial charge < -0.3 is 9.92 Å². The number of para-hydroxylation sites is 1. The van der Waals surface area contributed by atoms with Crippen molar-refractivity contribution in [2.45, 2.75) is 4.90 Å². The van der Waals surface area contributed by atoms with E-state index < -0.39 is 10.1 Å². The maximum atomic E-state index is 12.5. The molecule has 0 aliphatic carbocycles. The van der Waals surface area contributed by atoms with Crippen LogP contribution >= 0.6 is 0 Å².